The largest absolute Gasteiger partial charge is 0.481 e. The maximum absolute atomic E-state index is 12.3. The minimum atomic E-state index is -0.892. The average molecular weight is 334 g/mol. The Morgan fingerprint density at radius 1 is 1.50 bits per heavy atom. The number of carbonyl (C=O) groups excluding carboxylic acids is 1. The molecule has 1 rings (SSSR count). The zero-order chi connectivity index (χ0) is 13.9. The quantitative estimate of drug-likeness (QED) is 0.900. The predicted molar refractivity (Wildman–Crippen MR) is 75.2 cm³/mol. The Hall–Kier alpha value is -0.880. The number of halogens is 1. The van der Waals surface area contributed by atoms with Crippen LogP contribution in [0.5, 0.6) is 0 Å². The van der Waals surface area contributed by atoms with E-state index in [0.717, 1.165) is 9.35 Å². The van der Waals surface area contributed by atoms with Crippen molar-refractivity contribution in [3.8, 4) is 0 Å². The smallest absolute Gasteiger partial charge is 0.305 e. The van der Waals surface area contributed by atoms with Gasteiger partial charge in [0.05, 0.1) is 15.1 Å². The van der Waals surface area contributed by atoms with E-state index in [1.807, 2.05) is 26.8 Å². The van der Waals surface area contributed by atoms with Crippen LogP contribution in [0.1, 0.15) is 35.5 Å². The van der Waals surface area contributed by atoms with Gasteiger partial charge in [-0.25, -0.2) is 0 Å². The van der Waals surface area contributed by atoms with Gasteiger partial charge in [0.25, 0.3) is 5.91 Å². The minimum absolute atomic E-state index is 0.0157. The molecular weight excluding hydrogens is 318 g/mol. The summed E-state index contributed by atoms with van der Waals surface area (Å²) in [5.41, 5.74) is 1.02. The highest BCUT2D eigenvalue weighted by molar-refractivity contribution is 9.11. The van der Waals surface area contributed by atoms with Crippen molar-refractivity contribution in [2.45, 2.75) is 33.2 Å². The van der Waals surface area contributed by atoms with Gasteiger partial charge in [0.1, 0.15) is 0 Å². The average Bonchev–Trinajstić information content (AvgIpc) is 2.58. The molecule has 0 atom stereocenters. The normalized spacial score (nSPS) is 10.7. The Bertz CT molecular complexity index is 437. The lowest BCUT2D eigenvalue weighted by Gasteiger charge is -2.25. The molecule has 0 unspecified atom stereocenters. The summed E-state index contributed by atoms with van der Waals surface area (Å²) in [6, 6.07) is 1.81. The van der Waals surface area contributed by atoms with Crippen molar-refractivity contribution < 1.29 is 14.7 Å². The summed E-state index contributed by atoms with van der Waals surface area (Å²) in [6.45, 7) is 5.93. The highest BCUT2D eigenvalue weighted by atomic mass is 79.9. The fraction of sp³-hybridized carbons (Fsp3) is 0.500. The summed E-state index contributed by atoms with van der Waals surface area (Å²) in [6.07, 6.45) is -0.0323. The Morgan fingerprint density at radius 3 is 2.50 bits per heavy atom. The van der Waals surface area contributed by atoms with Crippen molar-refractivity contribution in [1.29, 1.82) is 0 Å². The molecule has 4 nitrogen and oxygen atoms in total. The molecule has 6 heteroatoms. The van der Waals surface area contributed by atoms with E-state index in [1.165, 1.54) is 11.3 Å². The molecule has 0 aliphatic heterocycles. The second-order valence-corrected chi connectivity index (χ2v) is 6.67. The second kappa shape index (κ2) is 6.33. The van der Waals surface area contributed by atoms with E-state index < -0.39 is 5.97 Å². The molecule has 0 radical (unpaired) electrons. The van der Waals surface area contributed by atoms with Crippen LogP contribution in [-0.4, -0.2) is 34.5 Å². The van der Waals surface area contributed by atoms with Gasteiger partial charge >= 0.3 is 5.97 Å². The molecule has 18 heavy (non-hydrogen) atoms. The van der Waals surface area contributed by atoms with Crippen LogP contribution in [-0.2, 0) is 4.79 Å². The Kier molecular flexibility index (Phi) is 5.34. The molecule has 0 aliphatic rings. The van der Waals surface area contributed by atoms with Crippen molar-refractivity contribution in [3.63, 3.8) is 0 Å². The predicted octanol–water partition coefficient (Wildman–Crippen LogP) is 3.14. The van der Waals surface area contributed by atoms with E-state index >= 15 is 0 Å². The molecule has 1 aromatic heterocycles. The number of amides is 1. The number of aryl methyl sites for hydroxylation is 1. The van der Waals surface area contributed by atoms with Crippen molar-refractivity contribution in [2.24, 2.45) is 0 Å². The van der Waals surface area contributed by atoms with Crippen LogP contribution in [0.4, 0.5) is 0 Å². The molecule has 0 fully saturated rings. The van der Waals surface area contributed by atoms with E-state index in [-0.39, 0.29) is 24.9 Å². The number of rotatable bonds is 5. The maximum atomic E-state index is 12.3. The molecule has 1 N–H and O–H groups in total. The number of aliphatic carboxylic acids is 1. The highest BCUT2D eigenvalue weighted by Crippen LogP contribution is 2.28. The van der Waals surface area contributed by atoms with Crippen LogP contribution in [0.3, 0.4) is 0 Å². The third kappa shape index (κ3) is 3.81. The van der Waals surface area contributed by atoms with Gasteiger partial charge in [0.15, 0.2) is 0 Å². The van der Waals surface area contributed by atoms with E-state index in [4.69, 9.17) is 5.11 Å². The van der Waals surface area contributed by atoms with E-state index in [9.17, 15) is 9.59 Å². The van der Waals surface area contributed by atoms with Crippen molar-refractivity contribution in [3.05, 3.63) is 20.3 Å². The Balaban J connectivity index is 2.85. The van der Waals surface area contributed by atoms with Crippen molar-refractivity contribution in [1.82, 2.24) is 4.90 Å². The monoisotopic (exact) mass is 333 g/mol. The summed E-state index contributed by atoms with van der Waals surface area (Å²) < 4.78 is 0.938. The number of thiophene rings is 1. The number of hydrogen-bond acceptors (Lipinski definition) is 3. The van der Waals surface area contributed by atoms with Gasteiger partial charge in [-0.1, -0.05) is 0 Å². The van der Waals surface area contributed by atoms with Gasteiger partial charge < -0.3 is 10.0 Å². The molecule has 0 bridgehead atoms. The Labute approximate surface area is 119 Å². The van der Waals surface area contributed by atoms with E-state index in [1.54, 1.807) is 4.90 Å². The molecule has 1 amide bonds. The van der Waals surface area contributed by atoms with Crippen molar-refractivity contribution in [2.75, 3.05) is 6.54 Å². The number of nitrogens with zero attached hydrogens (tertiary/aromatic N) is 1. The summed E-state index contributed by atoms with van der Waals surface area (Å²) in [5, 5.41) is 8.70. The SMILES string of the molecule is Cc1cc(C(=O)N(CCC(=O)O)C(C)C)sc1Br. The number of hydrogen-bond donors (Lipinski definition) is 1. The number of carboxylic acid groups (broad SMARTS) is 1. The molecular formula is C12H16BrNO3S. The molecule has 100 valence electrons. The van der Waals surface area contributed by atoms with Gasteiger partial charge in [-0.15, -0.1) is 11.3 Å². The second-order valence-electron chi connectivity index (χ2n) is 4.30. The fourth-order valence-electron chi connectivity index (χ4n) is 1.52. The third-order valence-corrected chi connectivity index (χ3v) is 4.64. The van der Waals surface area contributed by atoms with Crippen LogP contribution < -0.4 is 0 Å². The Morgan fingerprint density at radius 2 is 2.11 bits per heavy atom. The van der Waals surface area contributed by atoms with Crippen molar-refractivity contribution >= 4 is 39.1 Å². The summed E-state index contributed by atoms with van der Waals surface area (Å²) in [7, 11) is 0. The lowest BCUT2D eigenvalue weighted by Crippen LogP contribution is -2.38. The summed E-state index contributed by atoms with van der Waals surface area (Å²) in [4.78, 5) is 25.1. The zero-order valence-electron chi connectivity index (χ0n) is 10.6. The van der Waals surface area contributed by atoms with E-state index in [0.29, 0.717) is 4.88 Å². The van der Waals surface area contributed by atoms with Gasteiger partial charge in [-0.2, -0.15) is 0 Å². The van der Waals surface area contributed by atoms with Gasteiger partial charge in [0.2, 0.25) is 0 Å². The molecule has 0 saturated carbocycles. The first kappa shape index (κ1) is 15.2. The maximum Gasteiger partial charge on any atom is 0.305 e. The lowest BCUT2D eigenvalue weighted by molar-refractivity contribution is -0.137. The molecule has 0 spiro atoms. The van der Waals surface area contributed by atoms with Crippen LogP contribution in [0.2, 0.25) is 0 Å². The van der Waals surface area contributed by atoms with Crippen LogP contribution in [0, 0.1) is 6.92 Å². The molecule has 1 heterocycles. The third-order valence-electron chi connectivity index (χ3n) is 2.52. The van der Waals surface area contributed by atoms with Gasteiger partial charge in [-0.05, 0) is 48.3 Å². The zero-order valence-corrected chi connectivity index (χ0v) is 13.0. The molecule has 1 aromatic rings. The fourth-order valence-corrected chi connectivity index (χ4v) is 3.01. The van der Waals surface area contributed by atoms with Crippen LogP contribution >= 0.6 is 27.3 Å². The van der Waals surface area contributed by atoms with Crippen LogP contribution in [0.15, 0.2) is 9.85 Å². The topological polar surface area (TPSA) is 57.6 Å². The molecule has 0 aliphatic carbocycles. The lowest BCUT2D eigenvalue weighted by atomic mass is 10.2. The van der Waals surface area contributed by atoms with Gasteiger partial charge in [0, 0.05) is 12.6 Å². The number of carbonyl (C=O) groups is 2. The van der Waals surface area contributed by atoms with Gasteiger partial charge in [-0.3, -0.25) is 9.59 Å². The van der Waals surface area contributed by atoms with Crippen LogP contribution in [0.25, 0.3) is 0 Å². The molecule has 0 aromatic carbocycles. The number of carboxylic acids is 1. The summed E-state index contributed by atoms with van der Waals surface area (Å²) >= 11 is 4.77. The first-order chi connectivity index (χ1) is 8.32. The highest BCUT2D eigenvalue weighted by Gasteiger charge is 2.21. The first-order valence-corrected chi connectivity index (χ1v) is 7.22. The standard InChI is InChI=1S/C12H16BrNO3S/c1-7(2)14(5-4-10(15)16)12(17)9-6-8(3)11(13)18-9/h6-7H,4-5H2,1-3H3,(H,15,16). The molecule has 0 saturated heterocycles. The van der Waals surface area contributed by atoms with E-state index in [2.05, 4.69) is 15.9 Å². The minimum Gasteiger partial charge on any atom is -0.481 e. The summed E-state index contributed by atoms with van der Waals surface area (Å²) in [5.74, 6) is -0.998. The first-order valence-electron chi connectivity index (χ1n) is 5.61.